The molecule has 2 aliphatic rings. The molecule has 2 aliphatic heterocycles. The first kappa shape index (κ1) is 95.5. The maximum atomic E-state index is 13.2. The minimum Gasteiger partial charge on any atom is -0.463 e. The summed E-state index contributed by atoms with van der Waals surface area (Å²) in [5, 5.41) is 0. The Morgan fingerprint density at radius 2 is 0.773 bits per heavy atom. The number of benzene rings is 2. The predicted octanol–water partition coefficient (Wildman–Crippen LogP) is 10.3. The maximum absolute atomic E-state index is 13.2. The molecular formula is C44H60F9O16PS27. The third-order valence-corrected chi connectivity index (χ3v) is 64.2. The molecule has 2 aromatic rings. The van der Waals surface area contributed by atoms with E-state index in [1.54, 1.807) is 137 Å². The van der Waals surface area contributed by atoms with Gasteiger partial charge in [-0.25, -0.2) is 0 Å². The Kier molecular flexibility index (Phi) is 50.9. The molecule has 0 N–H and O–H groups in total. The van der Waals surface area contributed by atoms with Crippen molar-refractivity contribution < 1.29 is 117 Å². The van der Waals surface area contributed by atoms with Crippen LogP contribution in [0.1, 0.15) is 96.2 Å². The van der Waals surface area contributed by atoms with E-state index in [0.29, 0.717) is 11.3 Å². The average molecular weight is 1920 g/mol. The van der Waals surface area contributed by atoms with E-state index in [-0.39, 0.29) is 69.7 Å². The topological polar surface area (TPSA) is 195 Å². The van der Waals surface area contributed by atoms with Gasteiger partial charge in [-0.15, -0.1) is 0 Å². The summed E-state index contributed by atoms with van der Waals surface area (Å²) in [4.78, 5) is 68.2. The minimum absolute atomic E-state index is 0. The van der Waals surface area contributed by atoms with Gasteiger partial charge in [-0.3, -0.25) is 28.8 Å². The molecule has 2 heterocycles. The number of carbonyl (C=O) groups excluding carboxylic acids is 6. The predicted molar refractivity (Wildman–Crippen MR) is 429 cm³/mol. The number of hydrogen-bond acceptors (Lipinski definition) is 18. The van der Waals surface area contributed by atoms with Gasteiger partial charge in [0.15, 0.2) is 12.2 Å². The molecule has 2 fully saturated rings. The van der Waals surface area contributed by atoms with E-state index in [4.69, 9.17) is 71.1 Å². The van der Waals surface area contributed by atoms with Gasteiger partial charge in [-0.2, -0.15) is 13.2 Å². The number of rotatable bonds is 14. The van der Waals surface area contributed by atoms with Crippen LogP contribution < -0.4 is 9.47 Å². The Morgan fingerprint density at radius 1 is 0.474 bits per heavy atom. The fourth-order valence-corrected chi connectivity index (χ4v) is 69.8. The Labute approximate surface area is 637 Å². The fourth-order valence-electron chi connectivity index (χ4n) is 6.73. The number of para-hydroxylation sites is 1. The molecule has 0 radical (unpaired) electrons. The summed E-state index contributed by atoms with van der Waals surface area (Å²) in [5.41, 5.74) is -0.522. The molecule has 16 nitrogen and oxygen atoms in total. The first-order valence-corrected chi connectivity index (χ1v) is 61.7. The summed E-state index contributed by atoms with van der Waals surface area (Å²) in [5.74, 6) is -3.61. The third-order valence-electron chi connectivity index (χ3n) is 10.8. The summed E-state index contributed by atoms with van der Waals surface area (Å²) in [6, 6.07) is 7.55. The van der Waals surface area contributed by atoms with Crippen molar-refractivity contribution in [2.75, 3.05) is 13.2 Å². The van der Waals surface area contributed by atoms with E-state index in [2.05, 4.69) is 0 Å². The van der Waals surface area contributed by atoms with Crippen LogP contribution in [0.3, 0.4) is 0 Å². The second-order valence-corrected chi connectivity index (χ2v) is 63.7. The fraction of sp³-hybridized carbons (Fsp3) is 0.591. The van der Waals surface area contributed by atoms with Gasteiger partial charge >= 0.3 is 76.4 Å². The van der Waals surface area contributed by atoms with Gasteiger partial charge in [0.25, 0.3) is 0 Å². The molecule has 4 unspecified atom stereocenters. The average Bonchev–Trinajstić information content (AvgIpc) is 0.808. The molecule has 97 heavy (non-hydrogen) atoms. The molecule has 4 rings (SSSR count). The Hall–Kier alpha value is 0.520. The van der Waals surface area contributed by atoms with E-state index < -0.39 is 99.0 Å². The normalized spacial score (nSPS) is 20.3. The summed E-state index contributed by atoms with van der Waals surface area (Å²) in [7, 11) is 32.9. The van der Waals surface area contributed by atoms with Gasteiger partial charge in [0.2, 0.25) is 12.6 Å². The van der Waals surface area contributed by atoms with E-state index in [1.807, 2.05) is 101 Å². The standard InChI is InChI=1S/C22H27F3O8.C21H28O8.CH4.F6P.S27/c1-11-12(2)20(31-15(5)28)21(33-19(11)10-30-14(4)27)32-18-7-6-17(22(23,24)25)8-16(18)9-29-13(3)26;1-12-13(2)20(27-16(5)24)21(29-19(12)11-26-15(4)23)28-18-9-7-6-8-17(18)10-25-14(3)22;;1-7(2,3,4,5)6;1-3-5-7-9-11-13-15-17-19-21-23-25-27-26-24-22-20-18-16-14-12-10-8-6-4-2/h6-8,11-12,19-21H,9-10H2,1-5H3;6-9,12-13,19-21H,10-11H2,1-5H3;1H4;;/q;;;-1;/p+1/t11-,12-,19?,20?,21+;12-,13-,19?,20?,21+;;;/m00.../s1/i;6T;;;/hT. The summed E-state index contributed by atoms with van der Waals surface area (Å²) < 4.78 is 161. The van der Waals surface area contributed by atoms with Crippen LogP contribution in [0.4, 0.5) is 38.4 Å². The van der Waals surface area contributed by atoms with Crippen molar-refractivity contribution in [2.24, 2.45) is 23.7 Å². The first-order chi connectivity index (χ1) is 45.2. The number of carbonyl (C=O) groups is 6. The van der Waals surface area contributed by atoms with Crippen molar-refractivity contribution in [1.29, 1.82) is 0 Å². The molecule has 2 aromatic carbocycles. The number of esters is 6. The van der Waals surface area contributed by atoms with Gasteiger partial charge in [-0.1, -0.05) is 53.3 Å². The van der Waals surface area contributed by atoms with Crippen LogP contribution in [-0.4, -0.2) is 86.0 Å². The van der Waals surface area contributed by atoms with Crippen LogP contribution in [0.2, 0.25) is 0 Å². The Balaban J connectivity index is 0. The molecule has 53 heteroatoms. The van der Waals surface area contributed by atoms with Crippen molar-refractivity contribution in [3.63, 3.8) is 0 Å². The number of hydrogen-bond donors (Lipinski definition) is 0. The van der Waals surface area contributed by atoms with Crippen LogP contribution >= 0.6 is 7.81 Å². The Morgan fingerprint density at radius 3 is 1.06 bits per heavy atom. The van der Waals surface area contributed by atoms with Crippen LogP contribution in [0.5, 0.6) is 11.5 Å². The summed E-state index contributed by atoms with van der Waals surface area (Å²) in [6.07, 6.45) is -9.50. The number of alkyl halides is 3. The monoisotopic (exact) mass is 1910 g/mol. The van der Waals surface area contributed by atoms with Crippen LogP contribution in [0.25, 0.3) is 0 Å². The molecule has 0 bridgehead atoms. The van der Waals surface area contributed by atoms with Gasteiger partial charge in [0, 0.05) is 309 Å². The van der Waals surface area contributed by atoms with Crippen LogP contribution in [0, 0.1) is 23.7 Å². The maximum Gasteiger partial charge on any atom is 1.00 e. The van der Waals surface area contributed by atoms with Crippen molar-refractivity contribution in [3.8, 4) is 11.5 Å². The molecule has 0 aromatic heterocycles. The van der Waals surface area contributed by atoms with Crippen molar-refractivity contribution >= 4 is 288 Å². The Bertz CT molecular complexity index is 4220. The molecular weight excluding hydrogens is 1850 g/mol. The molecule has 0 spiro atoms. The SMILES string of the molecule is C.CC(=O)OCc1cc(C(F)(F)F)ccc1O[C@@H]1OC(COC(C)=O)[C@@H](C)[C@H](C)C1OC(C)=O.F[P-](F)(F)(F)(F)F.S=S=S=S=S=S=S=S=S=S=S=S=S=S=S=S=S=S=S=S=S=S=S=S=S=S=S.[3H+].[3H]c1ccc(O[C@@H]2OC(COC(C)=O)[C@@H](C)[C@H](C)C2OC(C)=O)c(COC(C)=O)c1. The molecule has 562 valence electrons. The summed E-state index contributed by atoms with van der Waals surface area (Å²) in [6.45, 7) is 14.4. The van der Waals surface area contributed by atoms with Crippen LogP contribution in [-0.2, 0) is 330 Å². The van der Waals surface area contributed by atoms with Crippen LogP contribution in [0.15, 0.2) is 42.4 Å². The zero-order chi connectivity index (χ0) is 73.4. The van der Waals surface area contributed by atoms with Gasteiger partial charge in [0.05, 0.1) is 19.1 Å². The van der Waals surface area contributed by atoms with E-state index in [1.165, 1.54) is 64.5 Å². The molecule has 0 amide bonds. The molecule has 0 aliphatic carbocycles. The van der Waals surface area contributed by atoms with E-state index in [9.17, 15) is 67.1 Å². The minimum atomic E-state index is -10.7. The number of ether oxygens (including phenoxy) is 10. The number of halogens is 9. The zero-order valence-electron chi connectivity index (χ0n) is 52.0. The van der Waals surface area contributed by atoms with Gasteiger partial charge in [0.1, 0.15) is 37.9 Å². The zero-order valence-corrected chi connectivity index (χ0v) is 72.9. The van der Waals surface area contributed by atoms with Crippen molar-refractivity contribution in [3.05, 3.63) is 59.1 Å². The second-order valence-electron chi connectivity index (χ2n) is 17.6. The molecule has 2 saturated heterocycles. The third kappa shape index (κ3) is 50.6. The van der Waals surface area contributed by atoms with Crippen molar-refractivity contribution in [2.45, 2.75) is 133 Å². The van der Waals surface area contributed by atoms with Gasteiger partial charge in [-0.05, 0) is 36.1 Å². The largest absolute Gasteiger partial charge is 1.00 e. The quantitative estimate of drug-likeness (QED) is 0.0749. The summed E-state index contributed by atoms with van der Waals surface area (Å²) >= 11 is 9.56. The molecule has 10 atom stereocenters. The molecule has 0 saturated carbocycles. The van der Waals surface area contributed by atoms with Gasteiger partial charge < -0.3 is 47.4 Å². The first-order valence-electron chi connectivity index (χ1n) is 25.5. The van der Waals surface area contributed by atoms with E-state index in [0.717, 1.165) is 25.1 Å². The smallest absolute Gasteiger partial charge is 0.463 e. The van der Waals surface area contributed by atoms with Crippen molar-refractivity contribution in [1.82, 2.24) is 0 Å². The second kappa shape index (κ2) is 51.7. The van der Waals surface area contributed by atoms with E-state index >= 15 is 0 Å².